The Kier molecular flexibility index (Phi) is 6.05. The van der Waals surface area contributed by atoms with E-state index in [0.29, 0.717) is 0 Å². The molecule has 1 aliphatic rings. The van der Waals surface area contributed by atoms with E-state index in [0.717, 1.165) is 72.0 Å². The van der Waals surface area contributed by atoms with Crippen LogP contribution in [0.4, 0.5) is 0 Å². The van der Waals surface area contributed by atoms with Crippen LogP contribution in [0.3, 0.4) is 0 Å². The van der Waals surface area contributed by atoms with Gasteiger partial charge in [0, 0.05) is 38.6 Å². The molecule has 0 unspecified atom stereocenters. The van der Waals surface area contributed by atoms with Crippen LogP contribution >= 0.6 is 0 Å². The first-order chi connectivity index (χ1) is 27.0. The highest BCUT2D eigenvalue weighted by Crippen LogP contribution is 2.49. The second kappa shape index (κ2) is 11.0. The average Bonchev–Trinajstić information content (AvgIpc) is 3.87. The van der Waals surface area contributed by atoms with Crippen LogP contribution in [-0.2, 0) is 5.41 Å². The third-order valence-electron chi connectivity index (χ3n) is 12.0. The minimum atomic E-state index is -0.0596. The van der Waals surface area contributed by atoms with Crippen molar-refractivity contribution < 1.29 is 0 Å². The molecule has 0 N–H and O–H groups in total. The number of benzene rings is 7. The van der Waals surface area contributed by atoms with Gasteiger partial charge in [0.2, 0.25) is 0 Å². The number of fused-ring (bicyclic) bond motifs is 15. The van der Waals surface area contributed by atoms with E-state index >= 15 is 0 Å². The Morgan fingerprint density at radius 1 is 0.473 bits per heavy atom. The van der Waals surface area contributed by atoms with Crippen molar-refractivity contribution in [1.29, 1.82) is 0 Å². The van der Waals surface area contributed by atoms with Gasteiger partial charge < -0.3 is 0 Å². The lowest BCUT2D eigenvalue weighted by Gasteiger charge is -2.22. The summed E-state index contributed by atoms with van der Waals surface area (Å²) in [6, 6.07) is 56.9. The lowest BCUT2D eigenvalue weighted by Crippen LogP contribution is -2.14. The second-order valence-electron chi connectivity index (χ2n) is 15.3. The van der Waals surface area contributed by atoms with E-state index in [1.807, 2.05) is 0 Å². The number of rotatable bonds is 3. The molecule has 0 saturated carbocycles. The number of para-hydroxylation sites is 2. The summed E-state index contributed by atoms with van der Waals surface area (Å²) >= 11 is 0. The van der Waals surface area contributed by atoms with E-state index in [1.54, 1.807) is 6.33 Å². The summed E-state index contributed by atoms with van der Waals surface area (Å²) in [6.07, 6.45) is 1.69. The zero-order valence-corrected chi connectivity index (χ0v) is 30.3. The predicted octanol–water partition coefficient (Wildman–Crippen LogP) is 12.3. The molecule has 258 valence electrons. The van der Waals surface area contributed by atoms with Crippen molar-refractivity contribution in [2.45, 2.75) is 19.3 Å². The maximum absolute atomic E-state index is 5.48. The van der Waals surface area contributed by atoms with Gasteiger partial charge in [0.05, 0.1) is 27.8 Å². The number of pyridine rings is 1. The molecular formula is C50H33N5. The Hall–Kier alpha value is -7.11. The molecule has 5 heteroatoms. The van der Waals surface area contributed by atoms with E-state index < -0.39 is 0 Å². The zero-order chi connectivity index (χ0) is 36.4. The molecule has 0 bridgehead atoms. The third-order valence-corrected chi connectivity index (χ3v) is 12.0. The highest BCUT2D eigenvalue weighted by Gasteiger charge is 2.35. The molecule has 0 radical (unpaired) electrons. The molecule has 11 aromatic rings. The summed E-state index contributed by atoms with van der Waals surface area (Å²) < 4.78 is 4.60. The fourth-order valence-electron chi connectivity index (χ4n) is 9.43. The summed E-state index contributed by atoms with van der Waals surface area (Å²) in [7, 11) is 0. The smallest absolute Gasteiger partial charge is 0.146 e. The van der Waals surface area contributed by atoms with Crippen molar-refractivity contribution >= 4 is 60.2 Å². The van der Waals surface area contributed by atoms with E-state index in [-0.39, 0.29) is 5.41 Å². The van der Waals surface area contributed by atoms with E-state index in [9.17, 15) is 0 Å². The maximum atomic E-state index is 5.48. The van der Waals surface area contributed by atoms with Crippen LogP contribution in [0.15, 0.2) is 164 Å². The summed E-state index contributed by atoms with van der Waals surface area (Å²) in [4.78, 5) is 15.3. The topological polar surface area (TPSA) is 48.0 Å². The third kappa shape index (κ3) is 4.15. The summed E-state index contributed by atoms with van der Waals surface area (Å²) in [6.45, 7) is 4.67. The van der Waals surface area contributed by atoms with Gasteiger partial charge in [0.1, 0.15) is 23.3 Å². The summed E-state index contributed by atoms with van der Waals surface area (Å²) in [5, 5.41) is 5.85. The van der Waals surface area contributed by atoms with Gasteiger partial charge in [-0.1, -0.05) is 129 Å². The van der Waals surface area contributed by atoms with Gasteiger partial charge in [-0.3, -0.25) is 8.97 Å². The molecule has 5 nitrogen and oxygen atoms in total. The number of hydrogen-bond donors (Lipinski definition) is 0. The zero-order valence-electron chi connectivity index (χ0n) is 30.3. The predicted molar refractivity (Wildman–Crippen MR) is 226 cm³/mol. The monoisotopic (exact) mass is 703 g/mol. The Morgan fingerprint density at radius 2 is 1.16 bits per heavy atom. The highest BCUT2D eigenvalue weighted by atomic mass is 15.1. The fourth-order valence-corrected chi connectivity index (χ4v) is 9.43. The molecule has 7 aromatic carbocycles. The van der Waals surface area contributed by atoms with Crippen LogP contribution < -0.4 is 0 Å². The van der Waals surface area contributed by atoms with E-state index in [1.165, 1.54) is 38.6 Å². The van der Waals surface area contributed by atoms with Crippen molar-refractivity contribution in [2.24, 2.45) is 0 Å². The first-order valence-electron chi connectivity index (χ1n) is 18.9. The quantitative estimate of drug-likeness (QED) is 0.172. The van der Waals surface area contributed by atoms with Gasteiger partial charge in [-0.15, -0.1) is 0 Å². The molecule has 4 aromatic heterocycles. The lowest BCUT2D eigenvalue weighted by atomic mass is 9.81. The number of nitrogens with zero attached hydrogens (tertiary/aromatic N) is 5. The highest BCUT2D eigenvalue weighted by molar-refractivity contribution is 6.20. The first-order valence-corrected chi connectivity index (χ1v) is 18.9. The van der Waals surface area contributed by atoms with Gasteiger partial charge >= 0.3 is 0 Å². The minimum absolute atomic E-state index is 0.0596. The van der Waals surface area contributed by atoms with E-state index in [4.69, 9.17) is 15.0 Å². The van der Waals surface area contributed by atoms with Crippen molar-refractivity contribution in [2.75, 3.05) is 0 Å². The van der Waals surface area contributed by atoms with Crippen LogP contribution in [0.25, 0.3) is 99.5 Å². The standard InChI is InChI=1S/C50H33N5/c1-50(2)40-19-8-5-15-34(40)35-23-22-31(27-41(35)50)30-12-11-13-32(26-30)42-28-46(52-29-51-42)55-44-21-10-7-17-37(44)38-24-25-45-47(48(38)55)53-49-39-18-4-3-14-33(39)36-16-6-9-20-43(36)54(45)49/h3-29H,1-2H3. The minimum Gasteiger partial charge on any atom is -0.292 e. The average molecular weight is 704 g/mol. The second-order valence-corrected chi connectivity index (χ2v) is 15.3. The lowest BCUT2D eigenvalue weighted by molar-refractivity contribution is 0.660. The molecule has 1 aliphatic carbocycles. The molecule has 0 fully saturated rings. The number of hydrogen-bond acceptors (Lipinski definition) is 3. The molecule has 12 rings (SSSR count). The van der Waals surface area contributed by atoms with Gasteiger partial charge in [-0.05, 0) is 75.2 Å². The van der Waals surface area contributed by atoms with Crippen LogP contribution in [-0.4, -0.2) is 23.9 Å². The first kappa shape index (κ1) is 30.4. The van der Waals surface area contributed by atoms with E-state index in [2.05, 4.69) is 181 Å². The van der Waals surface area contributed by atoms with Gasteiger partial charge in [0.15, 0.2) is 0 Å². The summed E-state index contributed by atoms with van der Waals surface area (Å²) in [5.41, 5.74) is 15.8. The molecule has 0 amide bonds. The maximum Gasteiger partial charge on any atom is 0.146 e. The number of imidazole rings is 1. The SMILES string of the molecule is CC1(C)c2ccccc2-c2ccc(-c3cccc(-c4cc(-n5c6ccccc6c6ccc7c(nc8c9ccccc9c9ccccc9n78)c65)ncn4)c3)cc21. The molecule has 0 aliphatic heterocycles. The fraction of sp³-hybridized carbons (Fsp3) is 0.0600. The molecular weight excluding hydrogens is 671 g/mol. The Labute approximate surface area is 316 Å². The van der Waals surface area contributed by atoms with Crippen molar-refractivity contribution in [3.8, 4) is 39.3 Å². The van der Waals surface area contributed by atoms with Gasteiger partial charge in [-0.25, -0.2) is 15.0 Å². The molecule has 55 heavy (non-hydrogen) atoms. The normalized spacial score (nSPS) is 13.4. The van der Waals surface area contributed by atoms with Crippen LogP contribution in [0, 0.1) is 0 Å². The van der Waals surface area contributed by atoms with Crippen LogP contribution in [0.5, 0.6) is 0 Å². The molecule has 0 atom stereocenters. The van der Waals surface area contributed by atoms with Crippen molar-refractivity contribution in [1.82, 2.24) is 23.9 Å². The van der Waals surface area contributed by atoms with Crippen LogP contribution in [0.1, 0.15) is 25.0 Å². The molecule has 0 spiro atoms. The Balaban J connectivity index is 1.05. The van der Waals surface area contributed by atoms with Gasteiger partial charge in [0.25, 0.3) is 0 Å². The molecule has 0 saturated heterocycles. The Morgan fingerprint density at radius 3 is 2.04 bits per heavy atom. The van der Waals surface area contributed by atoms with Crippen molar-refractivity contribution in [3.63, 3.8) is 0 Å². The summed E-state index contributed by atoms with van der Waals surface area (Å²) in [5.74, 6) is 0.804. The number of aromatic nitrogens is 5. The molecule has 4 heterocycles. The Bertz CT molecular complexity index is 3420. The van der Waals surface area contributed by atoms with Crippen LogP contribution in [0.2, 0.25) is 0 Å². The van der Waals surface area contributed by atoms with Crippen molar-refractivity contribution in [3.05, 3.63) is 175 Å². The van der Waals surface area contributed by atoms with Gasteiger partial charge in [-0.2, -0.15) is 0 Å². The largest absolute Gasteiger partial charge is 0.292 e.